The minimum atomic E-state index is -0.658. The van der Waals surface area contributed by atoms with Crippen LogP contribution in [0.25, 0.3) is 21.5 Å². The van der Waals surface area contributed by atoms with Crippen molar-refractivity contribution in [1.82, 2.24) is 0 Å². The molecule has 0 N–H and O–H groups in total. The quantitative estimate of drug-likeness (QED) is 0.101. The number of fused-ring (bicyclic) bond motifs is 2. The van der Waals surface area contributed by atoms with Crippen LogP contribution in [0.3, 0.4) is 0 Å². The molecular formula is C22H24I2SiZr-2. The molecule has 0 spiro atoms. The minimum absolute atomic E-state index is 0.218. The zero-order chi connectivity index (χ0) is 19.1. The van der Waals surface area contributed by atoms with Gasteiger partial charge in [-0.25, -0.2) is 0 Å². The third kappa shape index (κ3) is 7.33. The van der Waals surface area contributed by atoms with E-state index in [1.54, 1.807) is 0 Å². The van der Waals surface area contributed by atoms with Crippen LogP contribution in [0.1, 0.15) is 11.1 Å². The van der Waals surface area contributed by atoms with Gasteiger partial charge < -0.3 is 0 Å². The van der Waals surface area contributed by atoms with Gasteiger partial charge in [-0.3, -0.25) is 0 Å². The van der Waals surface area contributed by atoms with Crippen LogP contribution in [-0.2, 0) is 12.0 Å². The average molecular weight is 662 g/mol. The maximum absolute atomic E-state index is 2.66. The molecule has 0 unspecified atom stereocenters. The standard InChI is InChI=1S/2C10H9.C2H6Si.2HI.Zr/c2*1-8-6-9-4-2-3-5-10(9)7-8;1-3-2;;;/h2*2-7H,1H3;1-2H3;2*1H;/q2*-1;;;;+2/p-2. The number of hydrogen-bond donors (Lipinski definition) is 0. The summed E-state index contributed by atoms with van der Waals surface area (Å²) in [7, 11) is 0. The summed E-state index contributed by atoms with van der Waals surface area (Å²) < 4.78 is 0. The van der Waals surface area contributed by atoms with Gasteiger partial charge in [0.1, 0.15) is 0 Å². The van der Waals surface area contributed by atoms with E-state index in [4.69, 9.17) is 0 Å². The monoisotopic (exact) mass is 660 g/mol. The Balaban J connectivity index is 0.000000146. The van der Waals surface area contributed by atoms with Crippen molar-refractivity contribution in [3.63, 3.8) is 0 Å². The van der Waals surface area contributed by atoms with E-state index >= 15 is 0 Å². The fourth-order valence-corrected chi connectivity index (χ4v) is 2.61. The van der Waals surface area contributed by atoms with Crippen molar-refractivity contribution in [3.8, 4) is 0 Å². The van der Waals surface area contributed by atoms with Crippen molar-refractivity contribution in [2.45, 2.75) is 26.9 Å². The Labute approximate surface area is 183 Å². The molecule has 0 amide bonds. The fraction of sp³-hybridized carbons (Fsp3) is 0.182. The Morgan fingerprint density at radius 3 is 1.38 bits per heavy atom. The van der Waals surface area contributed by atoms with E-state index in [2.05, 4.69) is 136 Å². The summed E-state index contributed by atoms with van der Waals surface area (Å²) >= 11 is 4.66. The molecule has 0 saturated carbocycles. The molecule has 0 bridgehead atoms. The summed E-state index contributed by atoms with van der Waals surface area (Å²) in [6, 6.07) is 25.7. The zero-order valence-corrected chi connectivity index (χ0v) is 23.5. The van der Waals surface area contributed by atoms with E-state index in [0.29, 0.717) is 0 Å². The van der Waals surface area contributed by atoms with Gasteiger partial charge in [-0.2, -0.15) is 12.1 Å². The van der Waals surface area contributed by atoms with Gasteiger partial charge in [0.15, 0.2) is 0 Å². The maximum Gasteiger partial charge on any atom is -0.0579 e. The third-order valence-corrected chi connectivity index (χ3v) is 48.5. The summed E-state index contributed by atoms with van der Waals surface area (Å²) in [5, 5.41) is 5.39. The van der Waals surface area contributed by atoms with Crippen molar-refractivity contribution in [3.05, 3.63) is 83.9 Å². The van der Waals surface area contributed by atoms with Gasteiger partial charge in [0.2, 0.25) is 0 Å². The van der Waals surface area contributed by atoms with E-state index in [1.807, 2.05) is 0 Å². The largest absolute Gasteiger partial charge is 0.165 e. The second kappa shape index (κ2) is 11.3. The summed E-state index contributed by atoms with van der Waals surface area (Å²) in [4.78, 5) is 0. The van der Waals surface area contributed by atoms with E-state index in [1.165, 1.54) is 32.7 Å². The molecule has 0 aromatic heterocycles. The van der Waals surface area contributed by atoms with Crippen LogP contribution < -0.4 is 0 Å². The van der Waals surface area contributed by atoms with Gasteiger partial charge in [0.05, 0.1) is 0 Å². The first-order valence-electron chi connectivity index (χ1n) is 8.59. The molecule has 0 aliphatic rings. The van der Waals surface area contributed by atoms with Gasteiger partial charge in [0.25, 0.3) is 0 Å². The van der Waals surface area contributed by atoms with Crippen LogP contribution in [0.4, 0.5) is 0 Å². The first-order chi connectivity index (χ1) is 12.4. The molecule has 0 aliphatic carbocycles. The van der Waals surface area contributed by atoms with Gasteiger partial charge in [-0.1, -0.05) is 26.0 Å². The number of rotatable bonds is 0. The normalized spacial score (nSPS) is 9.92. The first kappa shape index (κ1) is 22.5. The predicted molar refractivity (Wildman–Crippen MR) is 134 cm³/mol. The number of benzene rings is 2. The average Bonchev–Trinajstić information content (AvgIpc) is 3.16. The molecule has 4 heteroatoms. The fourth-order valence-electron chi connectivity index (χ4n) is 2.61. The molecule has 136 valence electrons. The SMILES string of the molecule is C[Si](C)=[Zr]([I])[I].Cc1cc2ccccc2[cH-]1.Cc1cc2ccccc2[cH-]1. The smallest absolute Gasteiger partial charge is 0.0579 e. The zero-order valence-electron chi connectivity index (χ0n) is 15.7. The van der Waals surface area contributed by atoms with Gasteiger partial charge >= 0.3 is 66.6 Å². The summed E-state index contributed by atoms with van der Waals surface area (Å²) in [5.41, 5.74) is 2.92. The maximum atomic E-state index is 2.66. The Hall–Kier alpha value is 0.220. The Bertz CT molecular complexity index is 855. The van der Waals surface area contributed by atoms with E-state index < -0.39 is 12.0 Å². The van der Waals surface area contributed by atoms with Gasteiger partial charge in [0, 0.05) is 0 Å². The molecule has 0 nitrogen and oxygen atoms in total. The molecule has 26 heavy (non-hydrogen) atoms. The first-order valence-corrected chi connectivity index (χ1v) is 29.4. The molecule has 4 aromatic rings. The molecule has 0 atom stereocenters. The predicted octanol–water partition coefficient (Wildman–Crippen LogP) is 8.29. The van der Waals surface area contributed by atoms with Crippen molar-refractivity contribution >= 4 is 63.1 Å². The van der Waals surface area contributed by atoms with Gasteiger partial charge in [-0.15, -0.1) is 81.2 Å². The summed E-state index contributed by atoms with van der Waals surface area (Å²) in [6.07, 6.45) is 0. The second-order valence-corrected chi connectivity index (χ2v) is 57.2. The number of hydrogen-bond acceptors (Lipinski definition) is 0. The Morgan fingerprint density at radius 1 is 0.731 bits per heavy atom. The topological polar surface area (TPSA) is 0 Å². The summed E-state index contributed by atoms with van der Waals surface area (Å²) in [6.45, 7) is 9.08. The molecule has 0 radical (unpaired) electrons. The molecule has 4 aromatic carbocycles. The van der Waals surface area contributed by atoms with Crippen LogP contribution in [0, 0.1) is 13.8 Å². The van der Waals surface area contributed by atoms with Crippen LogP contribution in [0.5, 0.6) is 0 Å². The van der Waals surface area contributed by atoms with Crippen LogP contribution in [-0.4, -0.2) is 5.43 Å². The van der Waals surface area contributed by atoms with Crippen LogP contribution >= 0.6 is 36.1 Å². The molecule has 0 saturated heterocycles. The molecule has 0 heterocycles. The summed E-state index contributed by atoms with van der Waals surface area (Å²) in [5.74, 6) is 0. The molecular weight excluding hydrogens is 637 g/mol. The number of aryl methyl sites for hydroxylation is 2. The van der Waals surface area contributed by atoms with Crippen molar-refractivity contribution in [2.75, 3.05) is 0 Å². The molecule has 0 fully saturated rings. The van der Waals surface area contributed by atoms with E-state index in [-0.39, 0.29) is 5.43 Å². The Kier molecular flexibility index (Phi) is 9.76. The van der Waals surface area contributed by atoms with Crippen LogP contribution in [0.15, 0.2) is 72.8 Å². The minimum Gasteiger partial charge on any atom is -0.165 e. The van der Waals surface area contributed by atoms with Crippen molar-refractivity contribution < 1.29 is 12.0 Å². The Morgan fingerprint density at radius 2 is 1.08 bits per heavy atom. The van der Waals surface area contributed by atoms with Crippen LogP contribution in [0.2, 0.25) is 13.1 Å². The third-order valence-electron chi connectivity index (χ3n) is 3.90. The van der Waals surface area contributed by atoms with E-state index in [9.17, 15) is 0 Å². The van der Waals surface area contributed by atoms with Gasteiger partial charge in [-0.05, 0) is 0 Å². The molecule has 0 aliphatic heterocycles. The van der Waals surface area contributed by atoms with Crippen molar-refractivity contribution in [2.24, 2.45) is 0 Å². The second-order valence-electron chi connectivity index (χ2n) is 6.58. The number of halogens is 2. The van der Waals surface area contributed by atoms with Crippen molar-refractivity contribution in [1.29, 1.82) is 0 Å². The van der Waals surface area contributed by atoms with E-state index in [0.717, 1.165) is 0 Å². The molecule has 4 rings (SSSR count).